The van der Waals surface area contributed by atoms with Crippen LogP contribution in [0, 0.1) is 0 Å². The standard InChI is InChI=1S/C9H8F3N3OS/c1-4(9(10,11)12)16-7-6-5(2-3-17-6)14-8(13)15-7/h2-4H,1H3,(H2,13,14,15). The summed E-state index contributed by atoms with van der Waals surface area (Å²) in [6.45, 7) is 0.914. The van der Waals surface area contributed by atoms with Gasteiger partial charge >= 0.3 is 6.18 Å². The molecule has 92 valence electrons. The lowest BCUT2D eigenvalue weighted by Gasteiger charge is -2.17. The lowest BCUT2D eigenvalue weighted by atomic mass is 10.4. The van der Waals surface area contributed by atoms with Gasteiger partial charge in [-0.1, -0.05) is 0 Å². The summed E-state index contributed by atoms with van der Waals surface area (Å²) in [6.07, 6.45) is -6.38. The van der Waals surface area contributed by atoms with Gasteiger partial charge in [-0.2, -0.15) is 18.2 Å². The van der Waals surface area contributed by atoms with Crippen molar-refractivity contribution in [1.29, 1.82) is 0 Å². The zero-order chi connectivity index (χ0) is 12.6. The first-order valence-electron chi connectivity index (χ1n) is 4.62. The molecule has 0 radical (unpaired) electrons. The van der Waals surface area contributed by atoms with Crippen LogP contribution in [0.5, 0.6) is 5.88 Å². The smallest absolute Gasteiger partial charge is 0.425 e. The second-order valence-electron chi connectivity index (χ2n) is 3.32. The maximum atomic E-state index is 12.4. The van der Waals surface area contributed by atoms with Crippen molar-refractivity contribution in [3.05, 3.63) is 11.4 Å². The predicted octanol–water partition coefficient (Wildman–Crippen LogP) is 2.60. The number of nitrogens with zero attached hydrogens (tertiary/aromatic N) is 2. The third-order valence-corrected chi connectivity index (χ3v) is 2.93. The molecule has 0 fully saturated rings. The van der Waals surface area contributed by atoms with Crippen molar-refractivity contribution in [2.24, 2.45) is 0 Å². The molecule has 1 atom stereocenters. The number of anilines is 1. The molecule has 2 rings (SSSR count). The Morgan fingerprint density at radius 3 is 2.76 bits per heavy atom. The molecule has 0 spiro atoms. The van der Waals surface area contributed by atoms with E-state index in [1.165, 1.54) is 11.3 Å². The highest BCUT2D eigenvalue weighted by atomic mass is 32.1. The van der Waals surface area contributed by atoms with Crippen LogP contribution in [0.4, 0.5) is 19.1 Å². The molecule has 0 aromatic carbocycles. The van der Waals surface area contributed by atoms with Gasteiger partial charge < -0.3 is 10.5 Å². The van der Waals surface area contributed by atoms with Crippen LogP contribution in [0.3, 0.4) is 0 Å². The lowest BCUT2D eigenvalue weighted by molar-refractivity contribution is -0.189. The van der Waals surface area contributed by atoms with E-state index in [1.807, 2.05) is 0 Å². The molecule has 0 bridgehead atoms. The number of hydrogen-bond acceptors (Lipinski definition) is 5. The van der Waals surface area contributed by atoms with E-state index in [0.29, 0.717) is 10.2 Å². The Labute approximate surface area is 98.2 Å². The molecule has 17 heavy (non-hydrogen) atoms. The van der Waals surface area contributed by atoms with Crippen LogP contribution in [0.2, 0.25) is 0 Å². The van der Waals surface area contributed by atoms with E-state index in [1.54, 1.807) is 11.4 Å². The molecule has 0 aliphatic rings. The summed E-state index contributed by atoms with van der Waals surface area (Å²) in [4.78, 5) is 7.56. The largest absolute Gasteiger partial charge is 0.464 e. The van der Waals surface area contributed by atoms with Gasteiger partial charge in [0.2, 0.25) is 11.8 Å². The summed E-state index contributed by atoms with van der Waals surface area (Å²) in [7, 11) is 0. The normalized spacial score (nSPS) is 13.9. The summed E-state index contributed by atoms with van der Waals surface area (Å²) in [5.41, 5.74) is 5.87. The van der Waals surface area contributed by atoms with Gasteiger partial charge in [-0.3, -0.25) is 0 Å². The molecule has 1 unspecified atom stereocenters. The predicted molar refractivity (Wildman–Crippen MR) is 58.0 cm³/mol. The number of nitrogens with two attached hydrogens (primary N) is 1. The average Bonchev–Trinajstić information content (AvgIpc) is 2.63. The Bertz CT molecular complexity index is 540. The van der Waals surface area contributed by atoms with Crippen molar-refractivity contribution in [3.63, 3.8) is 0 Å². The minimum absolute atomic E-state index is 0.111. The number of nitrogen functional groups attached to an aromatic ring is 1. The number of ether oxygens (including phenoxy) is 1. The Morgan fingerprint density at radius 2 is 2.12 bits per heavy atom. The molecule has 0 amide bonds. The van der Waals surface area contributed by atoms with E-state index < -0.39 is 12.3 Å². The molecular formula is C9H8F3N3OS. The summed E-state index contributed by atoms with van der Waals surface area (Å²) >= 11 is 1.20. The fourth-order valence-corrected chi connectivity index (χ4v) is 1.93. The highest BCUT2D eigenvalue weighted by Crippen LogP contribution is 2.31. The molecule has 2 aromatic heterocycles. The topological polar surface area (TPSA) is 61.0 Å². The Balaban J connectivity index is 2.38. The molecule has 2 heterocycles. The van der Waals surface area contributed by atoms with Gasteiger partial charge in [-0.15, -0.1) is 11.3 Å². The second kappa shape index (κ2) is 4.02. The van der Waals surface area contributed by atoms with Crippen LogP contribution in [0.25, 0.3) is 10.2 Å². The SMILES string of the molecule is CC(Oc1nc(N)nc2ccsc12)C(F)(F)F. The van der Waals surface area contributed by atoms with E-state index in [4.69, 9.17) is 10.5 Å². The van der Waals surface area contributed by atoms with Crippen molar-refractivity contribution >= 4 is 27.5 Å². The quantitative estimate of drug-likeness (QED) is 0.904. The van der Waals surface area contributed by atoms with Crippen LogP contribution >= 0.6 is 11.3 Å². The second-order valence-corrected chi connectivity index (χ2v) is 4.24. The zero-order valence-electron chi connectivity index (χ0n) is 8.65. The Kier molecular flexibility index (Phi) is 2.82. The highest BCUT2D eigenvalue weighted by molar-refractivity contribution is 7.17. The zero-order valence-corrected chi connectivity index (χ0v) is 9.47. The van der Waals surface area contributed by atoms with Gasteiger partial charge in [0, 0.05) is 0 Å². The molecule has 2 N–H and O–H groups in total. The number of aromatic nitrogens is 2. The number of rotatable bonds is 2. The van der Waals surface area contributed by atoms with E-state index in [9.17, 15) is 13.2 Å². The third kappa shape index (κ3) is 2.41. The van der Waals surface area contributed by atoms with E-state index in [0.717, 1.165) is 6.92 Å². The van der Waals surface area contributed by atoms with Crippen LogP contribution in [0.15, 0.2) is 11.4 Å². The van der Waals surface area contributed by atoms with Crippen LogP contribution in [-0.4, -0.2) is 22.2 Å². The van der Waals surface area contributed by atoms with Gasteiger partial charge in [0.15, 0.2) is 6.10 Å². The maximum absolute atomic E-state index is 12.4. The fraction of sp³-hybridized carbons (Fsp3) is 0.333. The number of alkyl halides is 3. The van der Waals surface area contributed by atoms with Gasteiger partial charge in [0.05, 0.1) is 5.52 Å². The Hall–Kier alpha value is -1.57. The number of fused-ring (bicyclic) bond motifs is 1. The average molecular weight is 263 g/mol. The first-order valence-corrected chi connectivity index (χ1v) is 5.50. The van der Waals surface area contributed by atoms with Crippen molar-refractivity contribution in [2.75, 3.05) is 5.73 Å². The molecule has 8 heteroatoms. The van der Waals surface area contributed by atoms with E-state index in [2.05, 4.69) is 9.97 Å². The third-order valence-electron chi connectivity index (χ3n) is 2.04. The summed E-state index contributed by atoms with van der Waals surface area (Å²) < 4.78 is 42.3. The summed E-state index contributed by atoms with van der Waals surface area (Å²) in [5.74, 6) is -0.243. The van der Waals surface area contributed by atoms with Crippen LogP contribution < -0.4 is 10.5 Å². The van der Waals surface area contributed by atoms with Crippen molar-refractivity contribution < 1.29 is 17.9 Å². The molecule has 0 saturated carbocycles. The van der Waals surface area contributed by atoms with Crippen molar-refractivity contribution in [3.8, 4) is 5.88 Å². The molecule has 0 saturated heterocycles. The van der Waals surface area contributed by atoms with Gasteiger partial charge in [0.25, 0.3) is 0 Å². The van der Waals surface area contributed by atoms with Crippen LogP contribution in [0.1, 0.15) is 6.92 Å². The number of thiophene rings is 1. The molecule has 0 aliphatic carbocycles. The van der Waals surface area contributed by atoms with Crippen molar-refractivity contribution in [2.45, 2.75) is 19.2 Å². The molecule has 0 aliphatic heterocycles. The first kappa shape index (κ1) is 11.9. The van der Waals surface area contributed by atoms with Crippen LogP contribution in [-0.2, 0) is 0 Å². The molecule has 4 nitrogen and oxygen atoms in total. The lowest BCUT2D eigenvalue weighted by Crippen LogP contribution is -2.31. The minimum Gasteiger partial charge on any atom is -0.464 e. The van der Waals surface area contributed by atoms with Gasteiger partial charge in [-0.05, 0) is 18.4 Å². The number of halogens is 3. The van der Waals surface area contributed by atoms with Crippen molar-refractivity contribution in [1.82, 2.24) is 9.97 Å². The monoisotopic (exact) mass is 263 g/mol. The van der Waals surface area contributed by atoms with E-state index >= 15 is 0 Å². The number of hydrogen-bond donors (Lipinski definition) is 1. The van der Waals surface area contributed by atoms with E-state index in [-0.39, 0.29) is 11.8 Å². The Morgan fingerprint density at radius 1 is 1.41 bits per heavy atom. The fourth-order valence-electron chi connectivity index (χ4n) is 1.17. The maximum Gasteiger partial charge on any atom is 0.425 e. The summed E-state index contributed by atoms with van der Waals surface area (Å²) in [6, 6.07) is 1.64. The molecule has 2 aromatic rings. The minimum atomic E-state index is -4.44. The highest BCUT2D eigenvalue weighted by Gasteiger charge is 2.38. The summed E-state index contributed by atoms with van der Waals surface area (Å²) in [5, 5.41) is 1.68. The van der Waals surface area contributed by atoms with Gasteiger partial charge in [-0.25, -0.2) is 4.98 Å². The van der Waals surface area contributed by atoms with Gasteiger partial charge in [0.1, 0.15) is 4.70 Å². The molecular weight excluding hydrogens is 255 g/mol. The first-order chi connectivity index (χ1) is 7.88.